The molecule has 0 spiro atoms. The first-order valence-corrected chi connectivity index (χ1v) is 7.14. The minimum atomic E-state index is 0.628. The van der Waals surface area contributed by atoms with Crippen molar-refractivity contribution >= 4 is 0 Å². The van der Waals surface area contributed by atoms with Gasteiger partial charge in [0.25, 0.3) is 0 Å². The third kappa shape index (κ3) is 4.70. The Morgan fingerprint density at radius 2 is 2.10 bits per heavy atom. The Morgan fingerprint density at radius 1 is 1.25 bits per heavy atom. The minimum absolute atomic E-state index is 0.628. The fourth-order valence-electron chi connectivity index (χ4n) is 1.97. The smallest absolute Gasteiger partial charge is 0.123 e. The first-order valence-electron chi connectivity index (χ1n) is 7.14. The predicted molar refractivity (Wildman–Crippen MR) is 80.7 cm³/mol. The summed E-state index contributed by atoms with van der Waals surface area (Å²) in [5.41, 5.74) is 1.20. The summed E-state index contributed by atoms with van der Waals surface area (Å²) in [6.07, 6.45) is 3.73. The SMILES string of the molecule is CC(C)CNCc1ccccc1OCCn1cccn1. The lowest BCUT2D eigenvalue weighted by molar-refractivity contribution is 0.288. The van der Waals surface area contributed by atoms with Crippen LogP contribution in [0.3, 0.4) is 0 Å². The summed E-state index contributed by atoms with van der Waals surface area (Å²) in [5, 5.41) is 7.61. The number of aromatic nitrogens is 2. The van der Waals surface area contributed by atoms with E-state index in [1.54, 1.807) is 6.20 Å². The van der Waals surface area contributed by atoms with Crippen molar-refractivity contribution in [1.29, 1.82) is 0 Å². The van der Waals surface area contributed by atoms with Crippen LogP contribution in [0.2, 0.25) is 0 Å². The molecule has 0 amide bonds. The highest BCUT2D eigenvalue weighted by Crippen LogP contribution is 2.17. The monoisotopic (exact) mass is 273 g/mol. The number of benzene rings is 1. The summed E-state index contributed by atoms with van der Waals surface area (Å²) in [6, 6.07) is 10.1. The van der Waals surface area contributed by atoms with Crippen LogP contribution in [0.15, 0.2) is 42.7 Å². The van der Waals surface area contributed by atoms with Gasteiger partial charge in [0.2, 0.25) is 0 Å². The lowest BCUT2D eigenvalue weighted by atomic mass is 10.2. The molecule has 2 aromatic rings. The fraction of sp³-hybridized carbons (Fsp3) is 0.438. The molecule has 0 aliphatic carbocycles. The fourth-order valence-corrected chi connectivity index (χ4v) is 1.97. The third-order valence-electron chi connectivity index (χ3n) is 2.98. The minimum Gasteiger partial charge on any atom is -0.491 e. The molecule has 0 unspecified atom stereocenters. The van der Waals surface area contributed by atoms with Crippen molar-refractivity contribution in [3.8, 4) is 5.75 Å². The Kier molecular flexibility index (Phi) is 5.62. The highest BCUT2D eigenvalue weighted by atomic mass is 16.5. The Morgan fingerprint density at radius 3 is 2.85 bits per heavy atom. The molecule has 0 fully saturated rings. The van der Waals surface area contributed by atoms with Crippen LogP contribution in [-0.4, -0.2) is 22.9 Å². The van der Waals surface area contributed by atoms with Gasteiger partial charge in [0.15, 0.2) is 0 Å². The third-order valence-corrected chi connectivity index (χ3v) is 2.98. The van der Waals surface area contributed by atoms with Crippen LogP contribution in [0.1, 0.15) is 19.4 Å². The number of ether oxygens (including phenoxy) is 1. The van der Waals surface area contributed by atoms with Crippen LogP contribution >= 0.6 is 0 Å². The van der Waals surface area contributed by atoms with Crippen molar-refractivity contribution < 1.29 is 4.74 Å². The number of para-hydroxylation sites is 1. The molecule has 4 nitrogen and oxygen atoms in total. The van der Waals surface area contributed by atoms with Gasteiger partial charge in [-0.3, -0.25) is 4.68 Å². The second-order valence-corrected chi connectivity index (χ2v) is 5.25. The molecule has 2 rings (SSSR count). The normalized spacial score (nSPS) is 10.9. The first kappa shape index (κ1) is 14.6. The molecule has 0 aliphatic heterocycles. The van der Waals surface area contributed by atoms with E-state index < -0.39 is 0 Å². The van der Waals surface area contributed by atoms with Gasteiger partial charge in [-0.05, 0) is 24.6 Å². The second kappa shape index (κ2) is 7.70. The lowest BCUT2D eigenvalue weighted by Gasteiger charge is -2.13. The largest absolute Gasteiger partial charge is 0.491 e. The van der Waals surface area contributed by atoms with Crippen molar-refractivity contribution in [2.24, 2.45) is 5.92 Å². The molecule has 1 heterocycles. The summed E-state index contributed by atoms with van der Waals surface area (Å²) in [5.74, 6) is 1.61. The summed E-state index contributed by atoms with van der Waals surface area (Å²) >= 11 is 0. The molecule has 0 saturated carbocycles. The van der Waals surface area contributed by atoms with Crippen LogP contribution in [0.25, 0.3) is 0 Å². The van der Waals surface area contributed by atoms with E-state index in [0.29, 0.717) is 12.5 Å². The zero-order chi connectivity index (χ0) is 14.2. The molecule has 0 bridgehead atoms. The molecule has 108 valence electrons. The van der Waals surface area contributed by atoms with Crippen LogP contribution < -0.4 is 10.1 Å². The van der Waals surface area contributed by atoms with E-state index in [2.05, 4.69) is 30.3 Å². The average molecular weight is 273 g/mol. The van der Waals surface area contributed by atoms with Gasteiger partial charge in [0, 0.05) is 24.5 Å². The van der Waals surface area contributed by atoms with Gasteiger partial charge in [0.05, 0.1) is 6.54 Å². The van der Waals surface area contributed by atoms with E-state index in [1.807, 2.05) is 35.1 Å². The van der Waals surface area contributed by atoms with Crippen molar-refractivity contribution in [1.82, 2.24) is 15.1 Å². The summed E-state index contributed by atoms with van der Waals surface area (Å²) in [7, 11) is 0. The molecule has 0 saturated heterocycles. The molecule has 4 heteroatoms. The summed E-state index contributed by atoms with van der Waals surface area (Å²) < 4.78 is 7.74. The lowest BCUT2D eigenvalue weighted by Crippen LogP contribution is -2.19. The van der Waals surface area contributed by atoms with Crippen LogP contribution in [0.4, 0.5) is 0 Å². The number of hydrogen-bond donors (Lipinski definition) is 1. The van der Waals surface area contributed by atoms with E-state index in [1.165, 1.54) is 5.56 Å². The predicted octanol–water partition coefficient (Wildman–Crippen LogP) is 2.71. The Balaban J connectivity index is 1.83. The topological polar surface area (TPSA) is 39.1 Å². The van der Waals surface area contributed by atoms with Crippen molar-refractivity contribution in [3.05, 3.63) is 48.3 Å². The standard InChI is InChI=1S/C16H23N3O/c1-14(2)12-17-13-15-6-3-4-7-16(15)20-11-10-19-9-5-8-18-19/h3-9,14,17H,10-13H2,1-2H3. The molecule has 0 atom stereocenters. The Labute approximate surface area is 120 Å². The van der Waals surface area contributed by atoms with Gasteiger partial charge in [-0.15, -0.1) is 0 Å². The highest BCUT2D eigenvalue weighted by molar-refractivity contribution is 5.33. The second-order valence-electron chi connectivity index (χ2n) is 5.25. The number of rotatable bonds is 8. The first-order chi connectivity index (χ1) is 9.75. The van der Waals surface area contributed by atoms with Crippen molar-refractivity contribution in [3.63, 3.8) is 0 Å². The van der Waals surface area contributed by atoms with Crippen molar-refractivity contribution in [2.45, 2.75) is 26.9 Å². The molecule has 1 aromatic heterocycles. The highest BCUT2D eigenvalue weighted by Gasteiger charge is 2.03. The molecule has 0 aliphatic rings. The molecule has 20 heavy (non-hydrogen) atoms. The summed E-state index contributed by atoms with van der Waals surface area (Å²) in [6.45, 7) is 7.67. The van der Waals surface area contributed by atoms with Crippen LogP contribution in [0.5, 0.6) is 5.75 Å². The maximum atomic E-state index is 5.87. The van der Waals surface area contributed by atoms with Gasteiger partial charge >= 0.3 is 0 Å². The van der Waals surface area contributed by atoms with E-state index in [-0.39, 0.29) is 0 Å². The molecule has 0 radical (unpaired) electrons. The van der Waals surface area contributed by atoms with E-state index in [0.717, 1.165) is 25.4 Å². The summed E-state index contributed by atoms with van der Waals surface area (Å²) in [4.78, 5) is 0. The van der Waals surface area contributed by atoms with Gasteiger partial charge < -0.3 is 10.1 Å². The Bertz CT molecular complexity index is 494. The number of nitrogens with one attached hydrogen (secondary N) is 1. The van der Waals surface area contributed by atoms with Crippen LogP contribution in [0, 0.1) is 5.92 Å². The van der Waals surface area contributed by atoms with Crippen LogP contribution in [-0.2, 0) is 13.1 Å². The number of nitrogens with zero attached hydrogens (tertiary/aromatic N) is 2. The quantitative estimate of drug-likeness (QED) is 0.804. The maximum absolute atomic E-state index is 5.87. The van der Waals surface area contributed by atoms with Gasteiger partial charge in [-0.25, -0.2) is 0 Å². The Hall–Kier alpha value is -1.81. The van der Waals surface area contributed by atoms with E-state index in [9.17, 15) is 0 Å². The molecular weight excluding hydrogens is 250 g/mol. The maximum Gasteiger partial charge on any atom is 0.123 e. The van der Waals surface area contributed by atoms with Gasteiger partial charge in [-0.2, -0.15) is 5.10 Å². The number of hydrogen-bond acceptors (Lipinski definition) is 3. The molecular formula is C16H23N3O. The average Bonchev–Trinajstić information content (AvgIpc) is 2.93. The molecule has 1 N–H and O–H groups in total. The van der Waals surface area contributed by atoms with Crippen molar-refractivity contribution in [2.75, 3.05) is 13.2 Å². The van der Waals surface area contributed by atoms with Gasteiger partial charge in [-0.1, -0.05) is 32.0 Å². The van der Waals surface area contributed by atoms with E-state index >= 15 is 0 Å². The zero-order valence-corrected chi connectivity index (χ0v) is 12.2. The zero-order valence-electron chi connectivity index (χ0n) is 12.2. The van der Waals surface area contributed by atoms with E-state index in [4.69, 9.17) is 4.74 Å². The van der Waals surface area contributed by atoms with Gasteiger partial charge in [0.1, 0.15) is 12.4 Å². The molecule has 1 aromatic carbocycles.